The van der Waals surface area contributed by atoms with Gasteiger partial charge < -0.3 is 25.6 Å². The van der Waals surface area contributed by atoms with Crippen LogP contribution in [0.3, 0.4) is 0 Å². The topological polar surface area (TPSA) is 109 Å². The molecule has 3 N–H and O–H groups in total. The van der Waals surface area contributed by atoms with Crippen molar-refractivity contribution in [3.05, 3.63) is 41.7 Å². The Morgan fingerprint density at radius 2 is 2.03 bits per heavy atom. The molecule has 2 fully saturated rings. The van der Waals surface area contributed by atoms with Gasteiger partial charge in [-0.15, -0.1) is 0 Å². The van der Waals surface area contributed by atoms with Crippen LogP contribution >= 0.6 is 22.9 Å². The van der Waals surface area contributed by atoms with Gasteiger partial charge in [-0.2, -0.15) is 0 Å². The van der Waals surface area contributed by atoms with Gasteiger partial charge in [0.2, 0.25) is 5.95 Å². The minimum atomic E-state index is -0.0394. The Morgan fingerprint density at radius 1 is 1.19 bits per heavy atom. The van der Waals surface area contributed by atoms with E-state index in [-0.39, 0.29) is 18.6 Å². The van der Waals surface area contributed by atoms with Gasteiger partial charge in [-0.1, -0.05) is 22.9 Å². The highest BCUT2D eigenvalue weighted by Crippen LogP contribution is 2.35. The first-order valence-electron chi connectivity index (χ1n) is 10.3. The average Bonchev–Trinajstić information content (AvgIpc) is 3.45. The van der Waals surface area contributed by atoms with Crippen LogP contribution in [0.15, 0.2) is 36.7 Å². The zero-order valence-corrected chi connectivity index (χ0v) is 18.8. The number of nitrogens with one attached hydrogen (secondary N) is 1. The van der Waals surface area contributed by atoms with E-state index in [2.05, 4.69) is 25.2 Å². The average molecular weight is 472 g/mol. The smallest absolute Gasteiger partial charge is 0.253 e. The number of carbonyl (C=O) groups excluding carboxylic acids is 1. The van der Waals surface area contributed by atoms with E-state index in [0.29, 0.717) is 29.8 Å². The van der Waals surface area contributed by atoms with Crippen LogP contribution in [0.1, 0.15) is 6.42 Å². The summed E-state index contributed by atoms with van der Waals surface area (Å²) < 4.78 is 5.19. The number of amides is 1. The normalized spacial score (nSPS) is 18.9. The lowest BCUT2D eigenvalue weighted by Crippen LogP contribution is -2.41. The van der Waals surface area contributed by atoms with Crippen LogP contribution in [0.2, 0.25) is 5.02 Å². The van der Waals surface area contributed by atoms with Gasteiger partial charge in [0.25, 0.3) is 5.91 Å². The van der Waals surface area contributed by atoms with Gasteiger partial charge in [0.15, 0.2) is 5.13 Å². The molecule has 1 aromatic carbocycles. The van der Waals surface area contributed by atoms with E-state index in [4.69, 9.17) is 22.1 Å². The molecular weight excluding hydrogens is 450 g/mol. The molecule has 1 amide bonds. The van der Waals surface area contributed by atoms with Crippen molar-refractivity contribution in [2.45, 2.75) is 12.5 Å². The summed E-state index contributed by atoms with van der Waals surface area (Å²) in [4.78, 5) is 30.2. The highest BCUT2D eigenvalue weighted by atomic mass is 35.5. The van der Waals surface area contributed by atoms with Crippen LogP contribution in [0.5, 0.6) is 0 Å². The maximum atomic E-state index is 12.0. The molecule has 0 unspecified atom stereocenters. The molecule has 2 aromatic heterocycles. The molecule has 0 aliphatic carbocycles. The second kappa shape index (κ2) is 8.99. The molecule has 11 heteroatoms. The van der Waals surface area contributed by atoms with Crippen molar-refractivity contribution in [2.75, 3.05) is 48.0 Å². The van der Waals surface area contributed by atoms with Crippen molar-refractivity contribution < 1.29 is 9.53 Å². The van der Waals surface area contributed by atoms with Gasteiger partial charge in [-0.3, -0.25) is 4.79 Å². The van der Waals surface area contributed by atoms with E-state index in [1.54, 1.807) is 28.6 Å². The lowest BCUT2D eigenvalue weighted by molar-refractivity contribution is -0.125. The molecule has 3 aromatic rings. The number of rotatable bonds is 5. The molecule has 2 aliphatic rings. The maximum Gasteiger partial charge on any atom is 0.253 e. The van der Waals surface area contributed by atoms with Crippen molar-refractivity contribution in [3.63, 3.8) is 0 Å². The van der Waals surface area contributed by atoms with Crippen LogP contribution in [0, 0.1) is 0 Å². The van der Waals surface area contributed by atoms with Crippen molar-refractivity contribution in [3.8, 4) is 10.6 Å². The number of morpholine rings is 1. The fourth-order valence-corrected chi connectivity index (χ4v) is 4.93. The number of ether oxygens (including phenoxy) is 1. The Labute approximate surface area is 194 Å². The number of nitrogens with two attached hydrogens (primary N) is 1. The van der Waals surface area contributed by atoms with E-state index in [0.717, 1.165) is 40.9 Å². The first kappa shape index (κ1) is 21.1. The molecule has 0 saturated carbocycles. The van der Waals surface area contributed by atoms with Crippen LogP contribution in [0.25, 0.3) is 10.6 Å². The molecule has 1 atom stereocenters. The van der Waals surface area contributed by atoms with Gasteiger partial charge in [-0.25, -0.2) is 15.0 Å². The summed E-state index contributed by atoms with van der Waals surface area (Å²) in [5.41, 5.74) is 8.29. The molecule has 166 valence electrons. The number of aromatic nitrogens is 3. The summed E-state index contributed by atoms with van der Waals surface area (Å²) in [5.74, 6) is 0.389. The molecule has 2 saturated heterocycles. The van der Waals surface area contributed by atoms with Crippen LogP contribution in [-0.2, 0) is 9.53 Å². The van der Waals surface area contributed by atoms with Crippen LogP contribution in [-0.4, -0.2) is 59.7 Å². The zero-order chi connectivity index (χ0) is 22.1. The Balaban J connectivity index is 1.32. The first-order chi connectivity index (χ1) is 15.6. The zero-order valence-electron chi connectivity index (χ0n) is 17.2. The van der Waals surface area contributed by atoms with Gasteiger partial charge in [0, 0.05) is 43.2 Å². The van der Waals surface area contributed by atoms with Crippen LogP contribution < -0.4 is 20.9 Å². The van der Waals surface area contributed by atoms with E-state index in [9.17, 15) is 4.79 Å². The fourth-order valence-electron chi connectivity index (χ4n) is 3.73. The number of thiazole rings is 1. The molecule has 5 rings (SSSR count). The van der Waals surface area contributed by atoms with E-state index >= 15 is 0 Å². The van der Waals surface area contributed by atoms with Crippen molar-refractivity contribution in [1.29, 1.82) is 0 Å². The van der Waals surface area contributed by atoms with Gasteiger partial charge in [0.1, 0.15) is 12.3 Å². The standard InChI is InChI=1S/C21H22ClN7O2S/c22-16-9-24-20(26-14-1-3-15(4-2-14)29-7-8-31-12-18(29)30)27-19(16)17-10-25-21(32-17)28-6-5-13(23)11-28/h1-4,9-10,13H,5-8,11-12,23H2,(H,24,26,27)/t13-/m0/s1. The quantitative estimate of drug-likeness (QED) is 0.584. The Bertz CT molecular complexity index is 1120. The summed E-state index contributed by atoms with van der Waals surface area (Å²) in [6, 6.07) is 7.74. The molecule has 2 aliphatic heterocycles. The van der Waals surface area contributed by atoms with E-state index < -0.39 is 0 Å². The van der Waals surface area contributed by atoms with E-state index in [1.165, 1.54) is 0 Å². The van der Waals surface area contributed by atoms with Gasteiger partial charge in [0.05, 0.1) is 22.7 Å². The third kappa shape index (κ3) is 4.40. The third-order valence-electron chi connectivity index (χ3n) is 5.39. The van der Waals surface area contributed by atoms with Crippen molar-refractivity contribution in [1.82, 2.24) is 15.0 Å². The minimum Gasteiger partial charge on any atom is -0.370 e. The monoisotopic (exact) mass is 471 g/mol. The lowest BCUT2D eigenvalue weighted by atomic mass is 10.2. The number of hydrogen-bond acceptors (Lipinski definition) is 9. The SMILES string of the molecule is N[C@H]1CCN(c2ncc(-c3nc(Nc4ccc(N5CCOCC5=O)cc4)ncc3Cl)s2)C1. The summed E-state index contributed by atoms with van der Waals surface area (Å²) in [7, 11) is 0. The number of nitrogens with zero attached hydrogens (tertiary/aromatic N) is 5. The second-order valence-electron chi connectivity index (χ2n) is 7.66. The molecule has 32 heavy (non-hydrogen) atoms. The maximum absolute atomic E-state index is 12.0. The largest absolute Gasteiger partial charge is 0.370 e. The number of halogens is 1. The Morgan fingerprint density at radius 3 is 2.78 bits per heavy atom. The predicted molar refractivity (Wildman–Crippen MR) is 126 cm³/mol. The van der Waals surface area contributed by atoms with Crippen LogP contribution in [0.4, 0.5) is 22.5 Å². The van der Waals surface area contributed by atoms with E-state index in [1.807, 2.05) is 24.3 Å². The lowest BCUT2D eigenvalue weighted by Gasteiger charge is -2.26. The number of carbonyl (C=O) groups is 1. The third-order valence-corrected chi connectivity index (χ3v) is 6.73. The number of benzene rings is 1. The summed E-state index contributed by atoms with van der Waals surface area (Å²) in [6.45, 7) is 2.92. The molecule has 0 spiro atoms. The highest BCUT2D eigenvalue weighted by molar-refractivity contribution is 7.18. The number of hydrogen-bond donors (Lipinski definition) is 2. The minimum absolute atomic E-state index is 0.0394. The second-order valence-corrected chi connectivity index (χ2v) is 9.08. The predicted octanol–water partition coefficient (Wildman–Crippen LogP) is 2.90. The first-order valence-corrected chi connectivity index (χ1v) is 11.5. The molecular formula is C21H22ClN7O2S. The Hall–Kier alpha value is -2.79. The Kier molecular flexibility index (Phi) is 5.92. The molecule has 0 radical (unpaired) electrons. The molecule has 9 nitrogen and oxygen atoms in total. The summed E-state index contributed by atoms with van der Waals surface area (Å²) >= 11 is 7.93. The fraction of sp³-hybridized carbons (Fsp3) is 0.333. The van der Waals surface area contributed by atoms with Crippen molar-refractivity contribution in [2.24, 2.45) is 5.73 Å². The summed E-state index contributed by atoms with van der Waals surface area (Å²) in [6.07, 6.45) is 4.34. The highest BCUT2D eigenvalue weighted by Gasteiger charge is 2.23. The molecule has 4 heterocycles. The molecule has 0 bridgehead atoms. The summed E-state index contributed by atoms with van der Waals surface area (Å²) in [5, 5.41) is 4.58. The van der Waals surface area contributed by atoms with Crippen molar-refractivity contribution >= 4 is 51.3 Å². The number of anilines is 4. The van der Waals surface area contributed by atoms with Gasteiger partial charge in [-0.05, 0) is 30.7 Å². The van der Waals surface area contributed by atoms with Gasteiger partial charge >= 0.3 is 0 Å².